The molecule has 0 fully saturated rings. The molecule has 24 heavy (non-hydrogen) atoms. The van der Waals surface area contributed by atoms with Gasteiger partial charge in [-0.1, -0.05) is 36.4 Å². The Morgan fingerprint density at radius 1 is 1.12 bits per heavy atom. The number of aliphatic hydroxyl groups excluding tert-OH is 1. The van der Waals surface area contributed by atoms with E-state index in [1.807, 2.05) is 36.4 Å². The van der Waals surface area contributed by atoms with E-state index in [0.29, 0.717) is 28.9 Å². The maximum Gasteiger partial charge on any atom is 0.247 e. The van der Waals surface area contributed by atoms with Crippen LogP contribution in [0.1, 0.15) is 23.1 Å². The van der Waals surface area contributed by atoms with Crippen molar-refractivity contribution in [3.05, 3.63) is 71.6 Å². The van der Waals surface area contributed by atoms with E-state index >= 15 is 0 Å². The maximum atomic E-state index is 10.1. The van der Waals surface area contributed by atoms with Crippen LogP contribution in [0.15, 0.2) is 59.0 Å². The van der Waals surface area contributed by atoms with Crippen molar-refractivity contribution in [1.29, 1.82) is 5.26 Å². The van der Waals surface area contributed by atoms with E-state index < -0.39 is 6.10 Å². The van der Waals surface area contributed by atoms with Crippen LogP contribution in [0, 0.1) is 11.3 Å². The van der Waals surface area contributed by atoms with Gasteiger partial charge in [-0.25, -0.2) is 0 Å². The van der Waals surface area contributed by atoms with Gasteiger partial charge in [0.25, 0.3) is 0 Å². The molecule has 0 aliphatic heterocycles. The molecule has 0 saturated heterocycles. The Kier molecular flexibility index (Phi) is 5.26. The van der Waals surface area contributed by atoms with Crippen molar-refractivity contribution >= 4 is 11.8 Å². The second-order valence-corrected chi connectivity index (χ2v) is 6.17. The lowest BCUT2D eigenvalue weighted by Gasteiger charge is -2.09. The molecule has 3 rings (SSSR count). The van der Waals surface area contributed by atoms with Crippen LogP contribution in [0.25, 0.3) is 11.5 Å². The van der Waals surface area contributed by atoms with Crippen molar-refractivity contribution in [2.24, 2.45) is 0 Å². The summed E-state index contributed by atoms with van der Waals surface area (Å²) in [6, 6.07) is 18.7. The number of rotatable bonds is 6. The van der Waals surface area contributed by atoms with E-state index in [1.165, 1.54) is 11.8 Å². The highest BCUT2D eigenvalue weighted by atomic mass is 32.2. The minimum atomic E-state index is -0.522. The van der Waals surface area contributed by atoms with Crippen molar-refractivity contribution in [2.75, 3.05) is 5.75 Å². The molecule has 0 aliphatic rings. The number of aromatic nitrogens is 2. The first-order chi connectivity index (χ1) is 11.8. The van der Waals surface area contributed by atoms with E-state index in [4.69, 9.17) is 9.68 Å². The third kappa shape index (κ3) is 4.02. The molecule has 1 heterocycles. The summed E-state index contributed by atoms with van der Waals surface area (Å²) >= 11 is 1.53. The molecule has 0 saturated carbocycles. The van der Waals surface area contributed by atoms with E-state index in [0.717, 1.165) is 11.1 Å². The zero-order valence-corrected chi connectivity index (χ0v) is 13.6. The molecule has 3 aromatic rings. The molecule has 120 valence electrons. The first-order valence-corrected chi connectivity index (χ1v) is 8.55. The van der Waals surface area contributed by atoms with Gasteiger partial charge in [-0.15, -0.1) is 22.0 Å². The molecule has 0 aliphatic carbocycles. The average molecular weight is 337 g/mol. The van der Waals surface area contributed by atoms with Gasteiger partial charge >= 0.3 is 0 Å². The molecule has 1 N–H and O–H groups in total. The minimum Gasteiger partial charge on any atom is -0.420 e. The Morgan fingerprint density at radius 2 is 1.96 bits per heavy atom. The standard InChI is InChI=1S/C18H15N3O2S/c19-10-13-5-4-8-15(9-13)18-21-20-17(23-18)12-24-11-16(22)14-6-2-1-3-7-14/h1-9,16,22H,11-12H2/t16-/m1/s1. The average Bonchev–Trinajstić information content (AvgIpc) is 3.11. The highest BCUT2D eigenvalue weighted by molar-refractivity contribution is 7.98. The van der Waals surface area contributed by atoms with Crippen LogP contribution in [0.5, 0.6) is 0 Å². The van der Waals surface area contributed by atoms with Crippen molar-refractivity contribution < 1.29 is 9.52 Å². The first-order valence-electron chi connectivity index (χ1n) is 7.40. The van der Waals surface area contributed by atoms with Crippen LogP contribution in [-0.2, 0) is 5.75 Å². The van der Waals surface area contributed by atoms with Crippen LogP contribution in [0.3, 0.4) is 0 Å². The quantitative estimate of drug-likeness (QED) is 0.740. The molecule has 0 bridgehead atoms. The summed E-state index contributed by atoms with van der Waals surface area (Å²) in [5.74, 6) is 1.96. The SMILES string of the molecule is N#Cc1cccc(-c2nnc(CSC[C@@H](O)c3ccccc3)o2)c1. The van der Waals surface area contributed by atoms with Gasteiger partial charge in [0, 0.05) is 11.3 Å². The summed E-state index contributed by atoms with van der Waals surface area (Å²) in [5, 5.41) is 27.1. The lowest BCUT2D eigenvalue weighted by atomic mass is 10.1. The molecule has 0 unspecified atom stereocenters. The molecule has 0 amide bonds. The van der Waals surface area contributed by atoms with Crippen LogP contribution >= 0.6 is 11.8 Å². The number of thioether (sulfide) groups is 1. The first kappa shape index (κ1) is 16.2. The number of nitriles is 1. The monoisotopic (exact) mass is 337 g/mol. The highest BCUT2D eigenvalue weighted by Gasteiger charge is 2.11. The fraction of sp³-hybridized carbons (Fsp3) is 0.167. The molecular formula is C18H15N3O2S. The van der Waals surface area contributed by atoms with E-state index in [2.05, 4.69) is 16.3 Å². The van der Waals surface area contributed by atoms with Crippen molar-refractivity contribution in [3.8, 4) is 17.5 Å². The zero-order valence-electron chi connectivity index (χ0n) is 12.8. The van der Waals surface area contributed by atoms with Gasteiger partial charge in [0.1, 0.15) is 0 Å². The number of aliphatic hydroxyl groups is 1. The third-order valence-corrected chi connectivity index (χ3v) is 4.39. The number of hydrogen-bond donors (Lipinski definition) is 1. The molecule has 1 atom stereocenters. The van der Waals surface area contributed by atoms with Crippen molar-refractivity contribution in [3.63, 3.8) is 0 Å². The molecular weight excluding hydrogens is 322 g/mol. The van der Waals surface area contributed by atoms with E-state index in [1.54, 1.807) is 18.2 Å². The van der Waals surface area contributed by atoms with Gasteiger partial charge in [0.2, 0.25) is 11.8 Å². The largest absolute Gasteiger partial charge is 0.420 e. The van der Waals surface area contributed by atoms with Crippen LogP contribution in [-0.4, -0.2) is 21.1 Å². The second-order valence-electron chi connectivity index (χ2n) is 5.14. The molecule has 0 radical (unpaired) electrons. The summed E-state index contributed by atoms with van der Waals surface area (Å²) in [5.41, 5.74) is 2.17. The topological polar surface area (TPSA) is 82.9 Å². The normalized spacial score (nSPS) is 11.8. The molecule has 5 nitrogen and oxygen atoms in total. The van der Waals surface area contributed by atoms with Gasteiger partial charge < -0.3 is 9.52 Å². The molecule has 6 heteroatoms. The van der Waals surface area contributed by atoms with Crippen molar-refractivity contribution in [2.45, 2.75) is 11.9 Å². The fourth-order valence-electron chi connectivity index (χ4n) is 2.18. The van der Waals surface area contributed by atoms with Gasteiger partial charge in [-0.3, -0.25) is 0 Å². The summed E-state index contributed by atoms with van der Waals surface area (Å²) in [6.45, 7) is 0. The smallest absolute Gasteiger partial charge is 0.247 e. The minimum absolute atomic E-state index is 0.395. The van der Waals surface area contributed by atoms with Crippen LogP contribution < -0.4 is 0 Å². The highest BCUT2D eigenvalue weighted by Crippen LogP contribution is 2.23. The zero-order chi connectivity index (χ0) is 16.8. The predicted octanol–water partition coefficient (Wildman–Crippen LogP) is 3.58. The Balaban J connectivity index is 1.57. The number of hydrogen-bond acceptors (Lipinski definition) is 6. The Hall–Kier alpha value is -2.62. The fourth-order valence-corrected chi connectivity index (χ4v) is 3.00. The molecule has 2 aromatic carbocycles. The second kappa shape index (κ2) is 7.77. The predicted molar refractivity (Wildman–Crippen MR) is 92.0 cm³/mol. The van der Waals surface area contributed by atoms with Crippen LogP contribution in [0.4, 0.5) is 0 Å². The number of benzene rings is 2. The number of nitrogens with zero attached hydrogens (tertiary/aromatic N) is 3. The lowest BCUT2D eigenvalue weighted by Crippen LogP contribution is -2.00. The molecule has 1 aromatic heterocycles. The van der Waals surface area contributed by atoms with Crippen molar-refractivity contribution in [1.82, 2.24) is 10.2 Å². The van der Waals surface area contributed by atoms with E-state index in [9.17, 15) is 5.11 Å². The lowest BCUT2D eigenvalue weighted by molar-refractivity contribution is 0.204. The van der Waals surface area contributed by atoms with Gasteiger partial charge in [0.05, 0.1) is 23.5 Å². The Bertz CT molecular complexity index is 843. The van der Waals surface area contributed by atoms with Gasteiger partial charge in [-0.2, -0.15) is 5.26 Å². The summed E-state index contributed by atoms with van der Waals surface area (Å²) in [7, 11) is 0. The van der Waals surface area contributed by atoms with E-state index in [-0.39, 0.29) is 0 Å². The van der Waals surface area contributed by atoms with Gasteiger partial charge in [0.15, 0.2) is 0 Å². The van der Waals surface area contributed by atoms with Crippen LogP contribution in [0.2, 0.25) is 0 Å². The Labute approximate surface area is 144 Å². The van der Waals surface area contributed by atoms with Gasteiger partial charge in [-0.05, 0) is 23.8 Å². The third-order valence-electron chi connectivity index (χ3n) is 3.39. The maximum absolute atomic E-state index is 10.1. The summed E-state index contributed by atoms with van der Waals surface area (Å²) in [6.07, 6.45) is -0.522. The summed E-state index contributed by atoms with van der Waals surface area (Å²) < 4.78 is 5.62. The molecule has 0 spiro atoms. The summed E-state index contributed by atoms with van der Waals surface area (Å²) in [4.78, 5) is 0. The Morgan fingerprint density at radius 3 is 2.75 bits per heavy atom.